The zero-order valence-corrected chi connectivity index (χ0v) is 15.5. The van der Waals surface area contributed by atoms with E-state index < -0.39 is 16.1 Å². The standard InChI is InChI=1S/C16H20N4O5S/c1-7-6-10(11-8(2)19-25-16(11)17-7)15(21)18-12-9-4-5-24-14(9)13(12)20-26(3,22)23/h6,9,12-14,20H,4-5H2,1-3H3,(H,18,21)/t9-,12+,13-,14-/m1/s1. The van der Waals surface area contributed by atoms with Crippen molar-refractivity contribution in [2.24, 2.45) is 5.92 Å². The molecule has 4 rings (SSSR count). The van der Waals surface area contributed by atoms with E-state index in [9.17, 15) is 13.2 Å². The predicted molar refractivity (Wildman–Crippen MR) is 92.1 cm³/mol. The highest BCUT2D eigenvalue weighted by atomic mass is 32.2. The van der Waals surface area contributed by atoms with Gasteiger partial charge in [0.25, 0.3) is 11.6 Å². The Morgan fingerprint density at radius 3 is 2.81 bits per heavy atom. The van der Waals surface area contributed by atoms with E-state index in [1.807, 2.05) is 0 Å². The van der Waals surface area contributed by atoms with Crippen LogP contribution in [-0.4, -0.2) is 55.5 Å². The van der Waals surface area contributed by atoms with Gasteiger partial charge < -0.3 is 14.6 Å². The van der Waals surface area contributed by atoms with Crippen LogP contribution in [0.5, 0.6) is 0 Å². The number of hydrogen-bond acceptors (Lipinski definition) is 7. The molecule has 2 N–H and O–H groups in total. The van der Waals surface area contributed by atoms with Gasteiger partial charge in [-0.2, -0.15) is 0 Å². The molecule has 0 bridgehead atoms. The second-order valence-electron chi connectivity index (χ2n) is 6.96. The van der Waals surface area contributed by atoms with E-state index in [4.69, 9.17) is 9.26 Å². The molecule has 2 aromatic heterocycles. The molecular formula is C16H20N4O5S. The van der Waals surface area contributed by atoms with Crippen LogP contribution in [0, 0.1) is 19.8 Å². The molecule has 10 heteroatoms. The molecular weight excluding hydrogens is 360 g/mol. The van der Waals surface area contributed by atoms with Crippen LogP contribution in [-0.2, 0) is 14.8 Å². The highest BCUT2D eigenvalue weighted by Gasteiger charge is 2.55. The number of nitrogens with zero attached hydrogens (tertiary/aromatic N) is 2. The van der Waals surface area contributed by atoms with Crippen LogP contribution >= 0.6 is 0 Å². The number of rotatable bonds is 4. The first kappa shape index (κ1) is 17.4. The van der Waals surface area contributed by atoms with Gasteiger partial charge in [0.05, 0.1) is 41.1 Å². The third-order valence-corrected chi connectivity index (χ3v) is 5.72. The van der Waals surface area contributed by atoms with Gasteiger partial charge in [0.2, 0.25) is 10.0 Å². The molecule has 0 unspecified atom stereocenters. The molecule has 1 aliphatic carbocycles. The van der Waals surface area contributed by atoms with Crippen molar-refractivity contribution >= 4 is 27.0 Å². The maximum absolute atomic E-state index is 12.9. The summed E-state index contributed by atoms with van der Waals surface area (Å²) in [4.78, 5) is 17.2. The second kappa shape index (κ2) is 6.00. The number of carbonyl (C=O) groups is 1. The Morgan fingerprint density at radius 1 is 1.31 bits per heavy atom. The van der Waals surface area contributed by atoms with Gasteiger partial charge in [-0.3, -0.25) is 4.79 Å². The van der Waals surface area contributed by atoms with Crippen molar-refractivity contribution in [2.45, 2.75) is 38.5 Å². The molecule has 1 saturated carbocycles. The van der Waals surface area contributed by atoms with Crippen molar-refractivity contribution in [3.8, 4) is 0 Å². The average molecular weight is 380 g/mol. The lowest BCUT2D eigenvalue weighted by molar-refractivity contribution is -0.0193. The molecule has 4 atom stereocenters. The number of hydrogen-bond donors (Lipinski definition) is 2. The zero-order chi connectivity index (χ0) is 18.6. The topological polar surface area (TPSA) is 123 Å². The van der Waals surface area contributed by atoms with Gasteiger partial charge in [-0.15, -0.1) is 0 Å². The van der Waals surface area contributed by atoms with E-state index in [1.54, 1.807) is 19.9 Å². The van der Waals surface area contributed by atoms with Gasteiger partial charge in [0.15, 0.2) is 0 Å². The van der Waals surface area contributed by atoms with Gasteiger partial charge >= 0.3 is 0 Å². The van der Waals surface area contributed by atoms with Crippen molar-refractivity contribution in [2.75, 3.05) is 12.9 Å². The van der Waals surface area contributed by atoms with Crippen LogP contribution in [0.2, 0.25) is 0 Å². The fourth-order valence-electron chi connectivity index (χ4n) is 3.92. The van der Waals surface area contributed by atoms with Crippen LogP contribution in [0.15, 0.2) is 10.6 Å². The Kier molecular flexibility index (Phi) is 4.01. The Labute approximate surface area is 150 Å². The Hall–Kier alpha value is -2.04. The smallest absolute Gasteiger partial charge is 0.258 e. The number of carbonyl (C=O) groups excluding carboxylic acids is 1. The molecule has 1 amide bonds. The number of ether oxygens (including phenoxy) is 1. The number of nitrogens with one attached hydrogen (secondary N) is 2. The summed E-state index contributed by atoms with van der Waals surface area (Å²) in [5.41, 5.74) is 1.96. The molecule has 2 aromatic rings. The highest BCUT2D eigenvalue weighted by molar-refractivity contribution is 7.88. The Bertz CT molecular complexity index is 986. The van der Waals surface area contributed by atoms with Gasteiger partial charge in [0, 0.05) is 18.2 Å². The minimum atomic E-state index is -3.41. The number of amides is 1. The molecule has 0 spiro atoms. The van der Waals surface area contributed by atoms with E-state index in [-0.39, 0.29) is 24.0 Å². The molecule has 3 heterocycles. The van der Waals surface area contributed by atoms with Crippen LogP contribution in [0.25, 0.3) is 11.1 Å². The van der Waals surface area contributed by atoms with Gasteiger partial charge in [0.1, 0.15) is 0 Å². The van der Waals surface area contributed by atoms with Crippen LogP contribution in [0.1, 0.15) is 28.2 Å². The number of aryl methyl sites for hydroxylation is 2. The van der Waals surface area contributed by atoms with Crippen molar-refractivity contribution in [3.05, 3.63) is 23.0 Å². The van der Waals surface area contributed by atoms with Crippen molar-refractivity contribution in [1.29, 1.82) is 0 Å². The summed E-state index contributed by atoms with van der Waals surface area (Å²) in [5.74, 6) is -0.206. The fourth-order valence-corrected chi connectivity index (χ4v) is 4.69. The third-order valence-electron chi connectivity index (χ3n) is 5.02. The molecule has 1 saturated heterocycles. The van der Waals surface area contributed by atoms with Gasteiger partial charge in [-0.05, 0) is 26.3 Å². The summed E-state index contributed by atoms with van der Waals surface area (Å²) in [7, 11) is -3.41. The molecule has 2 aliphatic rings. The highest BCUT2D eigenvalue weighted by Crippen LogP contribution is 2.39. The Balaban J connectivity index is 1.62. The van der Waals surface area contributed by atoms with Crippen LogP contribution in [0.3, 0.4) is 0 Å². The van der Waals surface area contributed by atoms with E-state index in [0.29, 0.717) is 34.7 Å². The average Bonchev–Trinajstić information content (AvgIpc) is 3.13. The first-order valence-corrected chi connectivity index (χ1v) is 10.3. The molecule has 1 aliphatic heterocycles. The first-order chi connectivity index (χ1) is 12.2. The number of pyridine rings is 1. The maximum Gasteiger partial charge on any atom is 0.258 e. The third kappa shape index (κ3) is 2.87. The monoisotopic (exact) mass is 380 g/mol. The minimum Gasteiger partial charge on any atom is -0.376 e. The summed E-state index contributed by atoms with van der Waals surface area (Å²) in [5, 5.41) is 7.42. The molecule has 9 nitrogen and oxygen atoms in total. The zero-order valence-electron chi connectivity index (χ0n) is 14.6. The summed E-state index contributed by atoms with van der Waals surface area (Å²) >= 11 is 0. The minimum absolute atomic E-state index is 0.0974. The maximum atomic E-state index is 12.9. The van der Waals surface area contributed by atoms with Crippen LogP contribution < -0.4 is 10.0 Å². The van der Waals surface area contributed by atoms with Crippen molar-refractivity contribution in [1.82, 2.24) is 20.2 Å². The van der Waals surface area contributed by atoms with Crippen molar-refractivity contribution < 1.29 is 22.5 Å². The second-order valence-corrected chi connectivity index (χ2v) is 8.74. The molecule has 2 fully saturated rings. The SMILES string of the molecule is Cc1cc(C(=O)N[C@H]2[C@H]3CCO[C@H]3[C@@H]2NS(C)(=O)=O)c2c(C)noc2n1. The number of sulfonamides is 1. The van der Waals surface area contributed by atoms with Gasteiger partial charge in [-0.25, -0.2) is 18.1 Å². The summed E-state index contributed by atoms with van der Waals surface area (Å²) in [6.07, 6.45) is 1.69. The lowest BCUT2D eigenvalue weighted by Gasteiger charge is -2.47. The lowest BCUT2D eigenvalue weighted by atomic mass is 9.72. The van der Waals surface area contributed by atoms with E-state index in [0.717, 1.165) is 12.7 Å². The largest absolute Gasteiger partial charge is 0.376 e. The quantitative estimate of drug-likeness (QED) is 0.780. The summed E-state index contributed by atoms with van der Waals surface area (Å²) in [6.45, 7) is 4.08. The molecule has 140 valence electrons. The molecule has 0 aromatic carbocycles. The fraction of sp³-hybridized carbons (Fsp3) is 0.562. The van der Waals surface area contributed by atoms with Crippen LogP contribution in [0.4, 0.5) is 0 Å². The van der Waals surface area contributed by atoms with E-state index in [1.165, 1.54) is 0 Å². The summed E-state index contributed by atoms with van der Waals surface area (Å²) in [6, 6.07) is 0.888. The number of aromatic nitrogens is 2. The Morgan fingerprint density at radius 2 is 2.08 bits per heavy atom. The molecule has 26 heavy (non-hydrogen) atoms. The molecule has 0 radical (unpaired) electrons. The van der Waals surface area contributed by atoms with E-state index in [2.05, 4.69) is 20.2 Å². The number of fused-ring (bicyclic) bond motifs is 2. The van der Waals surface area contributed by atoms with E-state index >= 15 is 0 Å². The normalized spacial score (nSPS) is 28.0. The lowest BCUT2D eigenvalue weighted by Crippen LogP contribution is -2.70. The van der Waals surface area contributed by atoms with Crippen molar-refractivity contribution in [3.63, 3.8) is 0 Å². The van der Waals surface area contributed by atoms with Gasteiger partial charge in [-0.1, -0.05) is 5.16 Å². The predicted octanol–water partition coefficient (Wildman–Crippen LogP) is 0.275. The summed E-state index contributed by atoms with van der Waals surface area (Å²) < 4.78 is 36.6. The first-order valence-electron chi connectivity index (χ1n) is 8.38.